The van der Waals surface area contributed by atoms with Crippen molar-refractivity contribution in [3.05, 3.63) is 135 Å². The predicted molar refractivity (Wildman–Crippen MR) is 161 cm³/mol. The van der Waals surface area contributed by atoms with Crippen LogP contribution in [0.4, 0.5) is 13.2 Å². The van der Waals surface area contributed by atoms with Crippen molar-refractivity contribution < 1.29 is 37.2 Å². The van der Waals surface area contributed by atoms with Crippen LogP contribution in [-0.4, -0.2) is 36.4 Å². The van der Waals surface area contributed by atoms with E-state index < -0.39 is 34.4 Å². The highest BCUT2D eigenvalue weighted by molar-refractivity contribution is 5.70. The number of hydrogen-bond donors (Lipinski definition) is 2. The number of benzene rings is 4. The van der Waals surface area contributed by atoms with Gasteiger partial charge in [-0.2, -0.15) is 13.2 Å². The molecule has 5 aromatic rings. The van der Waals surface area contributed by atoms with Crippen molar-refractivity contribution in [3.8, 4) is 34.4 Å². The number of aromatic nitrogens is 2. The average molecular weight is 629 g/mol. The van der Waals surface area contributed by atoms with Gasteiger partial charge in [0.15, 0.2) is 11.2 Å². The van der Waals surface area contributed by atoms with Gasteiger partial charge in [-0.05, 0) is 29.8 Å². The Morgan fingerprint density at radius 3 is 2.15 bits per heavy atom. The van der Waals surface area contributed by atoms with E-state index in [0.717, 1.165) is 12.1 Å². The fraction of sp³-hybridized carbons (Fsp3) is 0.200. The summed E-state index contributed by atoms with van der Waals surface area (Å²) >= 11 is 0. The first-order valence-corrected chi connectivity index (χ1v) is 14.3. The number of H-pyrrole nitrogens is 1. The van der Waals surface area contributed by atoms with Crippen LogP contribution in [0.2, 0.25) is 0 Å². The molecule has 0 radical (unpaired) electrons. The molecule has 0 amide bonds. The molecule has 0 bridgehead atoms. The van der Waals surface area contributed by atoms with Gasteiger partial charge in [-0.3, -0.25) is 4.79 Å². The van der Waals surface area contributed by atoms with E-state index in [-0.39, 0.29) is 39.7 Å². The minimum Gasteiger partial charge on any atom is -0.497 e. The highest BCUT2D eigenvalue weighted by Gasteiger charge is 2.73. The van der Waals surface area contributed by atoms with Gasteiger partial charge in [-0.25, -0.2) is 4.98 Å². The van der Waals surface area contributed by atoms with Crippen LogP contribution in [-0.2, 0) is 17.4 Å². The number of halogens is 3. The molecule has 0 fully saturated rings. The lowest BCUT2D eigenvalue weighted by molar-refractivity contribution is -0.137. The predicted octanol–water partition coefficient (Wildman–Crippen LogP) is 6.15. The van der Waals surface area contributed by atoms with E-state index in [9.17, 15) is 23.1 Å². The molecule has 0 saturated heterocycles. The second-order valence-electron chi connectivity index (χ2n) is 11.1. The minimum absolute atomic E-state index is 0.0157. The van der Waals surface area contributed by atoms with Gasteiger partial charge in [-0.1, -0.05) is 54.6 Å². The Kier molecular flexibility index (Phi) is 6.64. The Labute approximate surface area is 261 Å². The molecule has 2 N–H and O–H groups in total. The monoisotopic (exact) mass is 628 g/mol. The summed E-state index contributed by atoms with van der Waals surface area (Å²) in [6.45, 7) is 0. The normalized spacial score (nSPS) is 21.2. The average Bonchev–Trinajstić information content (AvgIpc) is 3.46. The molecule has 4 aromatic carbocycles. The number of alkyl halides is 3. The van der Waals surface area contributed by atoms with Crippen LogP contribution in [0.25, 0.3) is 11.4 Å². The van der Waals surface area contributed by atoms with Crippen LogP contribution in [0.15, 0.2) is 95.8 Å². The SMILES string of the molecule is COc1ccc([C@@]23Oc4cc(OC)cc(OC)c4[C@]2(O)c2nc(-c4ccc(C(F)(F)F)cc4)[nH]c(=O)c2[C@H]3c2ccccc2)cc1. The Morgan fingerprint density at radius 1 is 0.870 bits per heavy atom. The van der Waals surface area contributed by atoms with Crippen LogP contribution in [0, 0.1) is 0 Å². The van der Waals surface area contributed by atoms with Gasteiger partial charge in [0.2, 0.25) is 0 Å². The highest BCUT2D eigenvalue weighted by atomic mass is 19.4. The summed E-state index contributed by atoms with van der Waals surface area (Å²) in [5, 5.41) is 13.4. The number of hydrogen-bond acceptors (Lipinski definition) is 7. The van der Waals surface area contributed by atoms with Gasteiger partial charge < -0.3 is 29.0 Å². The maximum absolute atomic E-state index is 14.2. The molecule has 0 saturated carbocycles. The Balaban J connectivity index is 1.58. The number of fused-ring (bicyclic) bond motifs is 5. The largest absolute Gasteiger partial charge is 0.497 e. The van der Waals surface area contributed by atoms with Crippen molar-refractivity contribution in [2.24, 2.45) is 0 Å². The Morgan fingerprint density at radius 2 is 1.54 bits per heavy atom. The molecular formula is C35H27F3N2O6. The molecule has 0 spiro atoms. The second kappa shape index (κ2) is 10.4. The minimum atomic E-state index is -4.55. The van der Waals surface area contributed by atoms with Crippen molar-refractivity contribution >= 4 is 0 Å². The van der Waals surface area contributed by atoms with Gasteiger partial charge in [0.05, 0.1) is 49.6 Å². The fourth-order valence-electron chi connectivity index (χ4n) is 6.78. The highest BCUT2D eigenvalue weighted by Crippen LogP contribution is 2.69. The van der Waals surface area contributed by atoms with Crippen LogP contribution >= 0.6 is 0 Å². The first-order valence-electron chi connectivity index (χ1n) is 14.3. The van der Waals surface area contributed by atoms with Crippen molar-refractivity contribution in [3.63, 3.8) is 0 Å². The summed E-state index contributed by atoms with van der Waals surface area (Å²) in [6.07, 6.45) is -4.55. The number of aliphatic hydroxyl groups is 1. The number of nitrogens with one attached hydrogen (secondary N) is 1. The zero-order valence-electron chi connectivity index (χ0n) is 24.8. The van der Waals surface area contributed by atoms with Gasteiger partial charge in [0.25, 0.3) is 5.56 Å². The maximum Gasteiger partial charge on any atom is 0.416 e. The molecule has 1 aliphatic carbocycles. The summed E-state index contributed by atoms with van der Waals surface area (Å²) in [4.78, 5) is 21.8. The molecule has 2 heterocycles. The molecule has 7 rings (SSSR count). The molecule has 46 heavy (non-hydrogen) atoms. The van der Waals surface area contributed by atoms with Gasteiger partial charge in [-0.15, -0.1) is 0 Å². The Hall–Kier alpha value is -5.29. The summed E-state index contributed by atoms with van der Waals surface area (Å²) in [6, 6.07) is 23.6. The van der Waals surface area contributed by atoms with E-state index in [1.54, 1.807) is 36.4 Å². The maximum atomic E-state index is 14.2. The van der Waals surface area contributed by atoms with E-state index in [1.807, 2.05) is 30.3 Å². The molecule has 11 heteroatoms. The van der Waals surface area contributed by atoms with Crippen molar-refractivity contribution in [2.75, 3.05) is 21.3 Å². The first-order chi connectivity index (χ1) is 22.1. The van der Waals surface area contributed by atoms with E-state index in [2.05, 4.69) is 4.98 Å². The van der Waals surface area contributed by atoms with Gasteiger partial charge in [0.1, 0.15) is 28.8 Å². The van der Waals surface area contributed by atoms with Crippen molar-refractivity contribution in [1.29, 1.82) is 0 Å². The number of rotatable bonds is 6. The molecule has 0 unspecified atom stereocenters. The molecular weight excluding hydrogens is 601 g/mol. The van der Waals surface area contributed by atoms with E-state index in [4.69, 9.17) is 23.9 Å². The zero-order chi connectivity index (χ0) is 32.4. The summed E-state index contributed by atoms with van der Waals surface area (Å²) in [5.41, 5.74) is -3.54. The quantitative estimate of drug-likeness (QED) is 0.233. The number of methoxy groups -OCH3 is 3. The van der Waals surface area contributed by atoms with Gasteiger partial charge in [0, 0.05) is 23.3 Å². The van der Waals surface area contributed by atoms with Crippen LogP contribution in [0.1, 0.15) is 39.4 Å². The lowest BCUT2D eigenvalue weighted by atomic mass is 9.70. The van der Waals surface area contributed by atoms with E-state index in [1.165, 1.54) is 33.5 Å². The second-order valence-corrected chi connectivity index (χ2v) is 11.1. The zero-order valence-corrected chi connectivity index (χ0v) is 24.8. The van der Waals surface area contributed by atoms with E-state index in [0.29, 0.717) is 22.6 Å². The van der Waals surface area contributed by atoms with Crippen LogP contribution < -0.4 is 24.5 Å². The smallest absolute Gasteiger partial charge is 0.416 e. The molecule has 2 aliphatic rings. The van der Waals surface area contributed by atoms with Gasteiger partial charge >= 0.3 is 6.18 Å². The summed E-state index contributed by atoms with van der Waals surface area (Å²) < 4.78 is 63.6. The first kappa shape index (κ1) is 29.4. The van der Waals surface area contributed by atoms with E-state index >= 15 is 0 Å². The third-order valence-electron chi connectivity index (χ3n) is 8.80. The molecule has 3 atom stereocenters. The standard InChI is InChI=1S/C35H27F3N2O6/c1-43-23-15-13-21(14-16-23)34-28(19-7-5-4-6-8-19)27-30(33(34,42)29-25(45-3)17-24(44-2)18-26(29)46-34)39-31(40-32(27)41)20-9-11-22(12-10-20)35(36,37)38/h4-18,28,42H,1-3H3,(H,39,40,41)/t28-,33+,34+/m1/s1. The number of nitrogens with zero attached hydrogens (tertiary/aromatic N) is 1. The Bertz CT molecular complexity index is 2010. The topological polar surface area (TPSA) is 103 Å². The van der Waals surface area contributed by atoms with Crippen molar-refractivity contribution in [1.82, 2.24) is 9.97 Å². The molecule has 234 valence electrons. The summed E-state index contributed by atoms with van der Waals surface area (Å²) in [5.74, 6) is 0.507. The number of ether oxygens (including phenoxy) is 4. The lowest BCUT2D eigenvalue weighted by Crippen LogP contribution is -2.49. The molecule has 8 nitrogen and oxygen atoms in total. The lowest BCUT2D eigenvalue weighted by Gasteiger charge is -2.40. The van der Waals surface area contributed by atoms with Crippen molar-refractivity contribution in [2.45, 2.75) is 23.3 Å². The fourth-order valence-corrected chi connectivity index (χ4v) is 6.78. The third kappa shape index (κ3) is 4.04. The molecule has 1 aliphatic heterocycles. The number of aromatic amines is 1. The third-order valence-corrected chi connectivity index (χ3v) is 8.80. The van der Waals surface area contributed by atoms with Crippen LogP contribution in [0.5, 0.6) is 23.0 Å². The molecule has 1 aromatic heterocycles. The summed E-state index contributed by atoms with van der Waals surface area (Å²) in [7, 11) is 4.47. The van der Waals surface area contributed by atoms with Crippen LogP contribution in [0.3, 0.4) is 0 Å².